The minimum absolute atomic E-state index is 0.0612. The number of nitrogens with zero attached hydrogens (tertiary/aromatic N) is 2. The lowest BCUT2D eigenvalue weighted by atomic mass is 10.1. The van der Waals surface area contributed by atoms with E-state index in [0.29, 0.717) is 12.5 Å². The van der Waals surface area contributed by atoms with Crippen LogP contribution >= 0.6 is 11.8 Å². The highest BCUT2D eigenvalue weighted by Crippen LogP contribution is 2.36. The van der Waals surface area contributed by atoms with Crippen LogP contribution in [0.1, 0.15) is 38.1 Å². The average molecular weight is 324 g/mol. The molecule has 0 unspecified atom stereocenters. The SMILES string of the molecule is Cc1cc(C)n(C[C@@H](C)CNC(=O)NC[C@]2(C)CCCS2)n1. The summed E-state index contributed by atoms with van der Waals surface area (Å²) in [6.45, 7) is 10.7. The van der Waals surface area contributed by atoms with Gasteiger partial charge in [0.15, 0.2) is 0 Å². The zero-order valence-electron chi connectivity index (χ0n) is 14.1. The zero-order chi connectivity index (χ0) is 16.2. The summed E-state index contributed by atoms with van der Waals surface area (Å²) in [5.41, 5.74) is 2.21. The van der Waals surface area contributed by atoms with Gasteiger partial charge in [-0.05, 0) is 51.3 Å². The molecule has 2 N–H and O–H groups in total. The number of nitrogens with one attached hydrogen (secondary N) is 2. The van der Waals surface area contributed by atoms with E-state index in [2.05, 4.69) is 42.6 Å². The fourth-order valence-electron chi connectivity index (χ4n) is 2.79. The normalized spacial score (nSPS) is 22.5. The average Bonchev–Trinajstić information content (AvgIpc) is 3.01. The van der Waals surface area contributed by atoms with Crippen LogP contribution in [0.5, 0.6) is 0 Å². The van der Waals surface area contributed by atoms with E-state index in [1.54, 1.807) is 0 Å². The minimum atomic E-state index is -0.0612. The molecule has 2 heterocycles. The Morgan fingerprint density at radius 1 is 1.50 bits per heavy atom. The number of rotatable bonds is 6. The third kappa shape index (κ3) is 4.93. The number of carbonyl (C=O) groups is 1. The summed E-state index contributed by atoms with van der Waals surface area (Å²) in [5.74, 6) is 1.56. The van der Waals surface area contributed by atoms with Crippen molar-refractivity contribution in [2.45, 2.75) is 51.8 Å². The number of urea groups is 1. The lowest BCUT2D eigenvalue weighted by Gasteiger charge is -2.23. The summed E-state index contributed by atoms with van der Waals surface area (Å²) in [4.78, 5) is 11.9. The maximum Gasteiger partial charge on any atom is 0.314 e. The van der Waals surface area contributed by atoms with Crippen LogP contribution in [0.15, 0.2) is 6.07 Å². The molecule has 0 aliphatic carbocycles. The summed E-state index contributed by atoms with van der Waals surface area (Å²) in [6.07, 6.45) is 2.44. The van der Waals surface area contributed by atoms with Gasteiger partial charge in [-0.25, -0.2) is 4.79 Å². The lowest BCUT2D eigenvalue weighted by Crippen LogP contribution is -2.43. The van der Waals surface area contributed by atoms with Crippen LogP contribution in [0.3, 0.4) is 0 Å². The molecule has 0 spiro atoms. The standard InChI is InChI=1S/C16H28N4OS/c1-12(10-20-14(3)8-13(2)19-20)9-17-15(21)18-11-16(4)6-5-7-22-16/h8,12H,5-7,9-11H2,1-4H3,(H2,17,18,21)/t12-,16-/m0/s1. The zero-order valence-corrected chi connectivity index (χ0v) is 14.9. The number of thioether (sulfide) groups is 1. The molecule has 5 nitrogen and oxygen atoms in total. The van der Waals surface area contributed by atoms with Crippen LogP contribution in [-0.4, -0.2) is 39.4 Å². The maximum absolute atomic E-state index is 11.9. The monoisotopic (exact) mass is 324 g/mol. The van der Waals surface area contributed by atoms with Crippen molar-refractivity contribution in [3.05, 3.63) is 17.5 Å². The maximum atomic E-state index is 11.9. The fraction of sp³-hybridized carbons (Fsp3) is 0.750. The molecule has 6 heteroatoms. The Morgan fingerprint density at radius 2 is 2.27 bits per heavy atom. The van der Waals surface area contributed by atoms with E-state index in [0.717, 1.165) is 18.8 Å². The van der Waals surface area contributed by atoms with Gasteiger partial charge in [0.2, 0.25) is 0 Å². The summed E-state index contributed by atoms with van der Waals surface area (Å²) < 4.78 is 2.22. The molecule has 1 aliphatic heterocycles. The van der Waals surface area contributed by atoms with Gasteiger partial charge in [-0.15, -0.1) is 0 Å². The number of hydrogen-bond donors (Lipinski definition) is 2. The van der Waals surface area contributed by atoms with Gasteiger partial charge >= 0.3 is 6.03 Å². The first kappa shape index (κ1) is 17.2. The van der Waals surface area contributed by atoms with E-state index in [4.69, 9.17) is 0 Å². The molecule has 1 aromatic heterocycles. The van der Waals surface area contributed by atoms with Crippen molar-refractivity contribution in [3.63, 3.8) is 0 Å². The van der Waals surface area contributed by atoms with Gasteiger partial charge in [0.25, 0.3) is 0 Å². The van der Waals surface area contributed by atoms with Gasteiger partial charge in [0, 0.05) is 30.1 Å². The second-order valence-electron chi connectivity index (χ2n) is 6.68. The summed E-state index contributed by atoms with van der Waals surface area (Å²) >= 11 is 1.96. The Morgan fingerprint density at radius 3 is 2.86 bits per heavy atom. The van der Waals surface area contributed by atoms with Crippen molar-refractivity contribution in [1.82, 2.24) is 20.4 Å². The molecule has 2 amide bonds. The van der Waals surface area contributed by atoms with Crippen molar-refractivity contribution >= 4 is 17.8 Å². The van der Waals surface area contributed by atoms with Gasteiger partial charge < -0.3 is 10.6 Å². The first-order valence-corrected chi connectivity index (χ1v) is 9.03. The highest BCUT2D eigenvalue weighted by atomic mass is 32.2. The van der Waals surface area contributed by atoms with Crippen molar-refractivity contribution in [2.75, 3.05) is 18.8 Å². The van der Waals surface area contributed by atoms with Crippen molar-refractivity contribution in [2.24, 2.45) is 5.92 Å². The molecule has 0 saturated carbocycles. The van der Waals surface area contributed by atoms with E-state index in [1.807, 2.05) is 23.4 Å². The molecule has 0 radical (unpaired) electrons. The van der Waals surface area contributed by atoms with E-state index >= 15 is 0 Å². The number of amides is 2. The van der Waals surface area contributed by atoms with E-state index < -0.39 is 0 Å². The summed E-state index contributed by atoms with van der Waals surface area (Å²) in [5, 5.41) is 10.4. The number of carbonyl (C=O) groups excluding carboxylic acids is 1. The molecule has 1 fully saturated rings. The van der Waals surface area contributed by atoms with E-state index in [-0.39, 0.29) is 10.8 Å². The van der Waals surface area contributed by atoms with Crippen LogP contribution in [0.4, 0.5) is 4.79 Å². The van der Waals surface area contributed by atoms with Gasteiger partial charge in [0.05, 0.1) is 5.69 Å². The number of aryl methyl sites for hydroxylation is 2. The molecule has 0 aromatic carbocycles. The van der Waals surface area contributed by atoms with Gasteiger partial charge in [-0.2, -0.15) is 16.9 Å². The second kappa shape index (κ2) is 7.40. The molecule has 1 aliphatic rings. The van der Waals surface area contributed by atoms with Gasteiger partial charge in [-0.1, -0.05) is 6.92 Å². The van der Waals surface area contributed by atoms with Crippen LogP contribution in [-0.2, 0) is 6.54 Å². The summed E-state index contributed by atoms with van der Waals surface area (Å²) in [6, 6.07) is 2.02. The van der Waals surface area contributed by atoms with Crippen LogP contribution < -0.4 is 10.6 Å². The molecular formula is C16H28N4OS. The van der Waals surface area contributed by atoms with Crippen molar-refractivity contribution < 1.29 is 4.79 Å². The smallest absolute Gasteiger partial charge is 0.314 e. The molecular weight excluding hydrogens is 296 g/mol. The van der Waals surface area contributed by atoms with E-state index in [9.17, 15) is 4.79 Å². The second-order valence-corrected chi connectivity index (χ2v) is 8.36. The Kier molecular flexibility index (Phi) is 5.78. The molecule has 2 atom stereocenters. The van der Waals surface area contributed by atoms with Gasteiger partial charge in [0.1, 0.15) is 0 Å². The largest absolute Gasteiger partial charge is 0.338 e. The predicted molar refractivity (Wildman–Crippen MR) is 92.4 cm³/mol. The third-order valence-corrected chi connectivity index (χ3v) is 5.66. The fourth-order valence-corrected chi connectivity index (χ4v) is 4.04. The first-order chi connectivity index (χ1) is 10.4. The lowest BCUT2D eigenvalue weighted by molar-refractivity contribution is 0.237. The molecule has 1 aromatic rings. The predicted octanol–water partition coefficient (Wildman–Crippen LogP) is 2.72. The molecule has 0 bridgehead atoms. The number of aromatic nitrogens is 2. The van der Waals surface area contributed by atoms with Crippen LogP contribution in [0.2, 0.25) is 0 Å². The van der Waals surface area contributed by atoms with Gasteiger partial charge in [-0.3, -0.25) is 4.68 Å². The quantitative estimate of drug-likeness (QED) is 0.846. The molecule has 22 heavy (non-hydrogen) atoms. The van der Waals surface area contributed by atoms with Crippen molar-refractivity contribution in [3.8, 4) is 0 Å². The minimum Gasteiger partial charge on any atom is -0.338 e. The first-order valence-electron chi connectivity index (χ1n) is 8.05. The summed E-state index contributed by atoms with van der Waals surface area (Å²) in [7, 11) is 0. The highest BCUT2D eigenvalue weighted by molar-refractivity contribution is 8.00. The molecule has 124 valence electrons. The van der Waals surface area contributed by atoms with E-state index in [1.165, 1.54) is 24.3 Å². The molecule has 1 saturated heterocycles. The van der Waals surface area contributed by atoms with Crippen molar-refractivity contribution in [1.29, 1.82) is 0 Å². The number of hydrogen-bond acceptors (Lipinski definition) is 3. The van der Waals surface area contributed by atoms with Crippen LogP contribution in [0.25, 0.3) is 0 Å². The molecule has 2 rings (SSSR count). The third-order valence-electron chi connectivity index (χ3n) is 4.12. The highest BCUT2D eigenvalue weighted by Gasteiger charge is 2.29. The Balaban J connectivity index is 1.68. The Bertz CT molecular complexity index is 508. The topological polar surface area (TPSA) is 59.0 Å². The Labute approximate surface area is 137 Å². The Hall–Kier alpha value is -1.17. The van der Waals surface area contributed by atoms with Crippen LogP contribution in [0, 0.1) is 19.8 Å².